The third-order valence-corrected chi connectivity index (χ3v) is 5.04. The van der Waals surface area contributed by atoms with E-state index in [0.29, 0.717) is 13.2 Å². The van der Waals surface area contributed by atoms with Crippen LogP contribution < -0.4 is 0 Å². The predicted molar refractivity (Wildman–Crippen MR) is 108 cm³/mol. The van der Waals surface area contributed by atoms with Crippen molar-refractivity contribution in [1.82, 2.24) is 0 Å². The van der Waals surface area contributed by atoms with Gasteiger partial charge in [0.25, 0.3) is 0 Å². The fourth-order valence-corrected chi connectivity index (χ4v) is 3.24. The van der Waals surface area contributed by atoms with Crippen LogP contribution in [-0.2, 0) is 32.6 Å². The van der Waals surface area contributed by atoms with Gasteiger partial charge in [-0.15, -0.1) is 0 Å². The minimum absolute atomic E-state index is 0.474. The molecule has 0 radical (unpaired) electrons. The lowest BCUT2D eigenvalue weighted by Crippen LogP contribution is -2.05. The maximum atomic E-state index is 11.7. The van der Waals surface area contributed by atoms with Crippen LogP contribution in [0.2, 0.25) is 0 Å². The van der Waals surface area contributed by atoms with Gasteiger partial charge in [-0.1, -0.05) is 59.7 Å². The molecule has 142 valence electrons. The molecule has 0 aliphatic heterocycles. The van der Waals surface area contributed by atoms with Crippen molar-refractivity contribution >= 4 is 11.4 Å². The zero-order valence-electron chi connectivity index (χ0n) is 15.9. The van der Waals surface area contributed by atoms with Gasteiger partial charge in [-0.25, -0.2) is 0 Å². The van der Waals surface area contributed by atoms with Gasteiger partial charge in [0.1, 0.15) is 0 Å². The molecule has 26 heavy (non-hydrogen) atoms. The van der Waals surface area contributed by atoms with Crippen LogP contribution in [0.25, 0.3) is 0 Å². The van der Waals surface area contributed by atoms with Crippen molar-refractivity contribution in [2.75, 3.05) is 13.2 Å². The molecule has 2 aromatic carbocycles. The van der Waals surface area contributed by atoms with E-state index in [1.54, 1.807) is 0 Å². The van der Waals surface area contributed by atoms with E-state index in [-0.39, 0.29) is 0 Å². The van der Waals surface area contributed by atoms with Crippen LogP contribution in [0, 0.1) is 13.8 Å². The highest BCUT2D eigenvalue weighted by Crippen LogP contribution is 2.09. The largest absolute Gasteiger partial charge is 0.304 e. The third kappa shape index (κ3) is 8.75. The summed E-state index contributed by atoms with van der Waals surface area (Å²) in [6.45, 7) is 5.13. The maximum absolute atomic E-state index is 11.7. The Morgan fingerprint density at radius 3 is 1.42 bits per heavy atom. The molecule has 0 atom stereocenters. The lowest BCUT2D eigenvalue weighted by atomic mass is 10.1. The molecule has 0 amide bonds. The van der Waals surface area contributed by atoms with Gasteiger partial charge in [-0.3, -0.25) is 8.37 Å². The number of hydrogen-bond acceptors (Lipinski definition) is 3. The van der Waals surface area contributed by atoms with E-state index in [2.05, 4.69) is 62.4 Å². The van der Waals surface area contributed by atoms with Gasteiger partial charge in [0, 0.05) is 0 Å². The summed E-state index contributed by atoms with van der Waals surface area (Å²) in [4.78, 5) is 0. The Morgan fingerprint density at radius 2 is 1.04 bits per heavy atom. The molecular formula is C22H30O3S. The molecule has 0 aliphatic carbocycles. The summed E-state index contributed by atoms with van der Waals surface area (Å²) >= 11 is -1.62. The van der Waals surface area contributed by atoms with Crippen molar-refractivity contribution in [3.63, 3.8) is 0 Å². The smallest absolute Gasteiger partial charge is 0.268 e. The first-order valence-electron chi connectivity index (χ1n) is 9.43. The number of benzene rings is 2. The predicted octanol–water partition coefficient (Wildman–Crippen LogP) is 5.26. The first-order valence-corrected chi connectivity index (χ1v) is 10.4. The molecule has 0 unspecified atom stereocenters. The lowest BCUT2D eigenvalue weighted by Gasteiger charge is -2.05. The highest BCUT2D eigenvalue weighted by molar-refractivity contribution is 7.75. The Labute approximate surface area is 160 Å². The zero-order chi connectivity index (χ0) is 18.6. The Bertz CT molecular complexity index is 593. The van der Waals surface area contributed by atoms with Crippen LogP contribution in [-0.4, -0.2) is 17.4 Å². The van der Waals surface area contributed by atoms with Crippen LogP contribution in [0.1, 0.15) is 47.9 Å². The van der Waals surface area contributed by atoms with Gasteiger partial charge >= 0.3 is 11.4 Å². The van der Waals surface area contributed by atoms with Crippen LogP contribution in [0.15, 0.2) is 48.5 Å². The van der Waals surface area contributed by atoms with Crippen LogP contribution in [0.3, 0.4) is 0 Å². The quantitative estimate of drug-likeness (QED) is 0.475. The second-order valence-electron chi connectivity index (χ2n) is 6.73. The third-order valence-electron chi connectivity index (χ3n) is 4.32. The SMILES string of the molecule is Cc1ccc(CCCCOS(=O)OCCCCc2ccc(C)cc2)cc1. The summed E-state index contributed by atoms with van der Waals surface area (Å²) in [7, 11) is 0. The van der Waals surface area contributed by atoms with Gasteiger partial charge < -0.3 is 0 Å². The molecule has 0 aliphatic rings. The zero-order valence-corrected chi connectivity index (χ0v) is 16.7. The molecule has 0 saturated carbocycles. The molecule has 2 rings (SSSR count). The number of unbranched alkanes of at least 4 members (excludes halogenated alkanes) is 2. The molecule has 0 bridgehead atoms. The average Bonchev–Trinajstić information content (AvgIpc) is 2.64. The number of aryl methyl sites for hydroxylation is 4. The second-order valence-corrected chi connectivity index (χ2v) is 7.61. The highest BCUT2D eigenvalue weighted by Gasteiger charge is 2.02. The normalized spacial score (nSPS) is 11.2. The Hall–Kier alpha value is -1.49. The molecule has 0 fully saturated rings. The minimum Gasteiger partial charge on any atom is -0.268 e. The van der Waals surface area contributed by atoms with E-state index in [1.807, 2.05) is 0 Å². The topological polar surface area (TPSA) is 35.5 Å². The Morgan fingerprint density at radius 1 is 0.654 bits per heavy atom. The second kappa shape index (κ2) is 12.0. The molecule has 0 spiro atoms. The van der Waals surface area contributed by atoms with Gasteiger partial charge in [-0.2, -0.15) is 4.21 Å². The van der Waals surface area contributed by atoms with Crippen molar-refractivity contribution in [1.29, 1.82) is 0 Å². The van der Waals surface area contributed by atoms with Gasteiger partial charge in [0.15, 0.2) is 0 Å². The van der Waals surface area contributed by atoms with Crippen LogP contribution >= 0.6 is 0 Å². The molecule has 4 heteroatoms. The summed E-state index contributed by atoms with van der Waals surface area (Å²) in [5, 5.41) is 0. The number of hydrogen-bond donors (Lipinski definition) is 0. The highest BCUT2D eigenvalue weighted by atomic mass is 32.2. The van der Waals surface area contributed by atoms with Gasteiger partial charge in [0.2, 0.25) is 0 Å². The first-order chi connectivity index (χ1) is 12.6. The monoisotopic (exact) mass is 374 g/mol. The van der Waals surface area contributed by atoms with E-state index in [9.17, 15) is 4.21 Å². The molecule has 0 heterocycles. The maximum Gasteiger partial charge on any atom is 0.304 e. The summed E-state index contributed by atoms with van der Waals surface area (Å²) in [6.07, 6.45) is 5.87. The van der Waals surface area contributed by atoms with E-state index in [0.717, 1.165) is 38.5 Å². The van der Waals surface area contributed by atoms with Crippen molar-refractivity contribution in [2.45, 2.75) is 52.4 Å². The first kappa shape index (κ1) is 20.8. The molecule has 2 aromatic rings. The van der Waals surface area contributed by atoms with Crippen molar-refractivity contribution in [2.24, 2.45) is 0 Å². The van der Waals surface area contributed by atoms with Crippen molar-refractivity contribution < 1.29 is 12.6 Å². The number of rotatable bonds is 12. The summed E-state index contributed by atoms with van der Waals surface area (Å²) < 4.78 is 22.1. The molecule has 0 aromatic heterocycles. The Kier molecular flexibility index (Phi) is 9.61. The van der Waals surface area contributed by atoms with Gasteiger partial charge in [-0.05, 0) is 63.5 Å². The van der Waals surface area contributed by atoms with Crippen molar-refractivity contribution in [3.05, 3.63) is 70.8 Å². The van der Waals surface area contributed by atoms with Crippen LogP contribution in [0.4, 0.5) is 0 Å². The Balaban J connectivity index is 1.45. The summed E-state index contributed by atoms with van der Waals surface area (Å²) in [5.74, 6) is 0. The summed E-state index contributed by atoms with van der Waals surface area (Å²) in [5.41, 5.74) is 5.23. The molecule has 0 saturated heterocycles. The fraction of sp³-hybridized carbons (Fsp3) is 0.455. The minimum atomic E-state index is -1.62. The lowest BCUT2D eigenvalue weighted by molar-refractivity contribution is 0.242. The van der Waals surface area contributed by atoms with E-state index in [1.165, 1.54) is 22.3 Å². The van der Waals surface area contributed by atoms with Gasteiger partial charge in [0.05, 0.1) is 13.2 Å². The van der Waals surface area contributed by atoms with Crippen LogP contribution in [0.5, 0.6) is 0 Å². The average molecular weight is 375 g/mol. The summed E-state index contributed by atoms with van der Waals surface area (Å²) in [6, 6.07) is 17.2. The molecular weight excluding hydrogens is 344 g/mol. The standard InChI is InChI=1S/C22H30O3S/c1-19-9-13-21(14-10-19)7-3-5-17-24-26(23)25-18-6-4-8-22-15-11-20(2)12-16-22/h9-16H,3-8,17-18H2,1-2H3. The van der Waals surface area contributed by atoms with E-state index in [4.69, 9.17) is 8.37 Å². The van der Waals surface area contributed by atoms with E-state index >= 15 is 0 Å². The molecule has 0 N–H and O–H groups in total. The fourth-order valence-electron chi connectivity index (χ4n) is 2.66. The van der Waals surface area contributed by atoms with E-state index < -0.39 is 11.4 Å². The molecule has 3 nitrogen and oxygen atoms in total. The van der Waals surface area contributed by atoms with Crippen molar-refractivity contribution in [3.8, 4) is 0 Å².